The lowest BCUT2D eigenvalue weighted by atomic mass is 10.1. The van der Waals surface area contributed by atoms with Gasteiger partial charge in [-0.25, -0.2) is 0 Å². The van der Waals surface area contributed by atoms with E-state index in [0.29, 0.717) is 0 Å². The maximum atomic E-state index is 6.24. The minimum atomic E-state index is 0.787. The van der Waals surface area contributed by atoms with Gasteiger partial charge in [0.1, 0.15) is 11.5 Å². The number of hydrogen-bond donors (Lipinski definition) is 0. The zero-order valence-corrected chi connectivity index (χ0v) is 25.2. The molecule has 0 aliphatic heterocycles. The Morgan fingerprint density at radius 3 is 1.76 bits per heavy atom. The van der Waals surface area contributed by atoms with E-state index in [-0.39, 0.29) is 0 Å². The average Bonchev–Trinajstić information content (AvgIpc) is 3.13. The van der Waals surface area contributed by atoms with Crippen LogP contribution in [0.2, 0.25) is 0 Å². The van der Waals surface area contributed by atoms with Crippen molar-refractivity contribution < 1.29 is 9.47 Å². The van der Waals surface area contributed by atoms with Crippen LogP contribution in [0.4, 0.5) is 0 Å². The van der Waals surface area contributed by atoms with Crippen LogP contribution in [-0.2, 0) is 0 Å². The summed E-state index contributed by atoms with van der Waals surface area (Å²) in [7, 11) is 1.00. The molecule has 3 rings (SSSR count). The summed E-state index contributed by atoms with van der Waals surface area (Å²) in [6.45, 7) is 6.14. The monoisotopic (exact) mass is 548 g/mol. The number of ether oxygens (including phenoxy) is 2. The Hall–Kier alpha value is -1.04. The standard InChI is InChI=1S/C28H41BrO2SSi/c1-3-5-7-9-11-13-15-30-24-17-21-22-18-25(31-16-14-12-10-8-6-4-2)28(33)20-27(22)32-26(21)19-23(24)29/h17-20H,3-16H2,1-2,33H3. The van der Waals surface area contributed by atoms with Gasteiger partial charge in [-0.3, -0.25) is 0 Å². The molecule has 2 nitrogen and oxygen atoms in total. The normalized spacial score (nSPS) is 11.6. The highest BCUT2D eigenvalue weighted by molar-refractivity contribution is 9.10. The number of fused-ring (bicyclic) bond motifs is 3. The zero-order valence-electron chi connectivity index (χ0n) is 20.8. The summed E-state index contributed by atoms with van der Waals surface area (Å²) in [5.74, 6) is 2.04. The van der Waals surface area contributed by atoms with Crippen molar-refractivity contribution in [2.45, 2.75) is 90.9 Å². The molecular formula is C28H41BrO2SSi. The van der Waals surface area contributed by atoms with Crippen molar-refractivity contribution in [2.75, 3.05) is 13.2 Å². The molecule has 0 radical (unpaired) electrons. The first-order chi connectivity index (χ1) is 16.1. The average molecular weight is 550 g/mol. The second-order valence-electron chi connectivity index (χ2n) is 9.23. The molecule has 33 heavy (non-hydrogen) atoms. The fourth-order valence-electron chi connectivity index (χ4n) is 4.30. The SMILES string of the molecule is CCCCCCCCOc1cc2c(cc1[SiH3])sc1cc(Br)c(OCCCCCCCC)cc12. The summed E-state index contributed by atoms with van der Waals surface area (Å²) in [6, 6.07) is 9.06. The fourth-order valence-corrected chi connectivity index (χ4v) is 6.90. The lowest BCUT2D eigenvalue weighted by Crippen LogP contribution is -2.09. The predicted octanol–water partition coefficient (Wildman–Crippen LogP) is 8.29. The zero-order chi connectivity index (χ0) is 23.5. The summed E-state index contributed by atoms with van der Waals surface area (Å²) < 4.78 is 16.1. The van der Waals surface area contributed by atoms with Crippen molar-refractivity contribution in [1.82, 2.24) is 0 Å². The molecule has 2 aromatic carbocycles. The van der Waals surface area contributed by atoms with Gasteiger partial charge < -0.3 is 9.47 Å². The Bertz CT molecular complexity index is 922. The van der Waals surface area contributed by atoms with E-state index in [4.69, 9.17) is 9.47 Å². The van der Waals surface area contributed by atoms with Crippen LogP contribution in [0.25, 0.3) is 20.2 Å². The van der Waals surface area contributed by atoms with E-state index in [1.165, 1.54) is 89.6 Å². The minimum Gasteiger partial charge on any atom is -0.494 e. The Kier molecular flexibility index (Phi) is 11.6. The summed E-state index contributed by atoms with van der Waals surface area (Å²) in [5, 5.41) is 3.94. The third kappa shape index (κ3) is 8.00. The van der Waals surface area contributed by atoms with E-state index in [0.717, 1.165) is 52.3 Å². The van der Waals surface area contributed by atoms with Crippen LogP contribution < -0.4 is 14.7 Å². The van der Waals surface area contributed by atoms with Crippen molar-refractivity contribution in [1.29, 1.82) is 0 Å². The van der Waals surface area contributed by atoms with E-state index in [9.17, 15) is 0 Å². The molecule has 3 aromatic rings. The van der Waals surface area contributed by atoms with Crippen molar-refractivity contribution >= 4 is 62.9 Å². The molecule has 0 spiro atoms. The first-order valence-corrected chi connectivity index (χ1v) is 15.7. The summed E-state index contributed by atoms with van der Waals surface area (Å²) >= 11 is 5.60. The van der Waals surface area contributed by atoms with Crippen molar-refractivity contribution in [3.05, 3.63) is 28.7 Å². The highest BCUT2D eigenvalue weighted by Crippen LogP contribution is 2.40. The molecule has 1 aromatic heterocycles. The quantitative estimate of drug-likeness (QED) is 0.132. The second kappa shape index (κ2) is 14.4. The predicted molar refractivity (Wildman–Crippen MR) is 154 cm³/mol. The molecule has 1 heterocycles. The topological polar surface area (TPSA) is 18.5 Å². The van der Waals surface area contributed by atoms with Gasteiger partial charge in [0.25, 0.3) is 0 Å². The van der Waals surface area contributed by atoms with Gasteiger partial charge in [-0.2, -0.15) is 0 Å². The van der Waals surface area contributed by atoms with Gasteiger partial charge in [0.2, 0.25) is 0 Å². The van der Waals surface area contributed by atoms with Gasteiger partial charge in [0.15, 0.2) is 0 Å². The number of halogens is 1. The van der Waals surface area contributed by atoms with Crippen molar-refractivity contribution in [3.8, 4) is 11.5 Å². The lowest BCUT2D eigenvalue weighted by molar-refractivity contribution is 0.303. The summed E-state index contributed by atoms with van der Waals surface area (Å²) in [4.78, 5) is 0. The fraction of sp³-hybridized carbons (Fsp3) is 0.571. The van der Waals surface area contributed by atoms with Crippen LogP contribution >= 0.6 is 27.3 Å². The van der Waals surface area contributed by atoms with Crippen LogP contribution in [0.5, 0.6) is 11.5 Å². The van der Waals surface area contributed by atoms with Gasteiger partial charge in [-0.05, 0) is 58.2 Å². The van der Waals surface area contributed by atoms with Crippen molar-refractivity contribution in [3.63, 3.8) is 0 Å². The molecule has 0 aliphatic rings. The molecule has 182 valence electrons. The van der Waals surface area contributed by atoms with E-state index >= 15 is 0 Å². The highest BCUT2D eigenvalue weighted by Gasteiger charge is 2.13. The summed E-state index contributed by atoms with van der Waals surface area (Å²) in [6.07, 6.45) is 15.4. The molecule has 0 saturated heterocycles. The van der Waals surface area contributed by atoms with Gasteiger partial charge in [-0.1, -0.05) is 78.1 Å². The molecular weight excluding hydrogens is 508 g/mol. The third-order valence-corrected chi connectivity index (χ3v) is 8.85. The van der Waals surface area contributed by atoms with Crippen LogP contribution in [-0.4, -0.2) is 23.5 Å². The molecule has 0 N–H and O–H groups in total. The maximum absolute atomic E-state index is 6.24. The Balaban J connectivity index is 1.63. The molecule has 0 unspecified atom stereocenters. The van der Waals surface area contributed by atoms with Crippen LogP contribution in [0, 0.1) is 0 Å². The number of benzene rings is 2. The molecule has 0 saturated carbocycles. The number of hydrogen-bond acceptors (Lipinski definition) is 3. The van der Waals surface area contributed by atoms with Crippen LogP contribution in [0.1, 0.15) is 90.9 Å². The van der Waals surface area contributed by atoms with E-state index in [1.54, 1.807) is 0 Å². The molecule has 0 aliphatic carbocycles. The second-order valence-corrected chi connectivity index (χ2v) is 12.2. The van der Waals surface area contributed by atoms with E-state index in [2.05, 4.69) is 54.0 Å². The molecule has 0 bridgehead atoms. The first-order valence-electron chi connectivity index (χ1n) is 13.1. The number of unbranched alkanes of at least 4 members (excludes halogenated alkanes) is 10. The van der Waals surface area contributed by atoms with E-state index < -0.39 is 0 Å². The Labute approximate surface area is 216 Å². The molecule has 0 amide bonds. The maximum Gasteiger partial charge on any atom is 0.134 e. The van der Waals surface area contributed by atoms with Crippen LogP contribution in [0.15, 0.2) is 28.7 Å². The Morgan fingerprint density at radius 1 is 0.667 bits per heavy atom. The summed E-state index contributed by atoms with van der Waals surface area (Å²) in [5.41, 5.74) is 0. The van der Waals surface area contributed by atoms with Gasteiger partial charge in [0.05, 0.1) is 17.7 Å². The first kappa shape index (κ1) is 26.6. The highest BCUT2D eigenvalue weighted by atomic mass is 79.9. The third-order valence-electron chi connectivity index (χ3n) is 6.33. The lowest BCUT2D eigenvalue weighted by Gasteiger charge is -2.10. The van der Waals surface area contributed by atoms with Crippen molar-refractivity contribution in [2.24, 2.45) is 0 Å². The number of thiophene rings is 1. The van der Waals surface area contributed by atoms with Gasteiger partial charge in [-0.15, -0.1) is 11.3 Å². The number of rotatable bonds is 16. The smallest absolute Gasteiger partial charge is 0.134 e. The largest absolute Gasteiger partial charge is 0.494 e. The molecule has 5 heteroatoms. The molecule has 0 atom stereocenters. The minimum absolute atomic E-state index is 0.787. The Morgan fingerprint density at radius 2 is 1.15 bits per heavy atom. The van der Waals surface area contributed by atoms with E-state index in [1.807, 2.05) is 11.3 Å². The molecule has 0 fully saturated rings. The van der Waals surface area contributed by atoms with Gasteiger partial charge >= 0.3 is 0 Å². The van der Waals surface area contributed by atoms with Crippen LogP contribution in [0.3, 0.4) is 0 Å². The van der Waals surface area contributed by atoms with Gasteiger partial charge in [0, 0.05) is 30.4 Å².